The van der Waals surface area contributed by atoms with Crippen molar-refractivity contribution in [3.8, 4) is 0 Å². The molecular weight excluding hydrogens is 182 g/mol. The highest BCUT2D eigenvalue weighted by Crippen LogP contribution is 2.14. The summed E-state index contributed by atoms with van der Waals surface area (Å²) in [6.45, 7) is 4.76. The monoisotopic (exact) mass is 197 g/mol. The molecule has 1 rings (SSSR count). The predicted molar refractivity (Wildman–Crippen MR) is 55.8 cm³/mol. The summed E-state index contributed by atoms with van der Waals surface area (Å²) in [6.07, 6.45) is 1.54. The second-order valence-electron chi connectivity index (χ2n) is 3.05. The van der Waals surface area contributed by atoms with Gasteiger partial charge in [0, 0.05) is 11.3 Å². The molecule has 72 valence electrons. The molecule has 0 unspecified atom stereocenters. The Morgan fingerprint density at radius 3 is 2.92 bits per heavy atom. The summed E-state index contributed by atoms with van der Waals surface area (Å²) in [7, 11) is 0. The first-order valence-electron chi connectivity index (χ1n) is 4.53. The van der Waals surface area contributed by atoms with Gasteiger partial charge < -0.3 is 5.32 Å². The van der Waals surface area contributed by atoms with Crippen molar-refractivity contribution in [2.75, 3.05) is 0 Å². The standard InChI is InChI=1S/C10H15NOS/c1-3-4-10(12)11-7-9-8(2)5-6-13-9/h5-6H,3-4,7H2,1-2H3,(H,11,12). The van der Waals surface area contributed by atoms with Gasteiger partial charge in [0.05, 0.1) is 6.54 Å². The van der Waals surface area contributed by atoms with Gasteiger partial charge in [-0.15, -0.1) is 11.3 Å². The fraction of sp³-hybridized carbons (Fsp3) is 0.500. The quantitative estimate of drug-likeness (QED) is 0.789. The van der Waals surface area contributed by atoms with E-state index in [1.807, 2.05) is 6.92 Å². The first-order chi connectivity index (χ1) is 6.24. The van der Waals surface area contributed by atoms with Crippen molar-refractivity contribution < 1.29 is 4.79 Å². The van der Waals surface area contributed by atoms with Gasteiger partial charge in [-0.25, -0.2) is 0 Å². The summed E-state index contributed by atoms with van der Waals surface area (Å²) in [5.74, 6) is 0.148. The number of amides is 1. The zero-order valence-corrected chi connectivity index (χ0v) is 8.91. The van der Waals surface area contributed by atoms with Gasteiger partial charge in [-0.1, -0.05) is 6.92 Å². The summed E-state index contributed by atoms with van der Waals surface area (Å²) in [4.78, 5) is 12.4. The first kappa shape index (κ1) is 10.3. The SMILES string of the molecule is CCCC(=O)NCc1sccc1C. The molecule has 0 saturated carbocycles. The third-order valence-corrected chi connectivity index (χ3v) is 2.91. The number of nitrogens with one attached hydrogen (secondary N) is 1. The average molecular weight is 197 g/mol. The Balaban J connectivity index is 2.35. The number of hydrogen-bond acceptors (Lipinski definition) is 2. The van der Waals surface area contributed by atoms with E-state index in [1.165, 1.54) is 10.4 Å². The molecule has 1 aromatic heterocycles. The Bertz CT molecular complexity index is 280. The average Bonchev–Trinajstić information content (AvgIpc) is 2.48. The molecule has 0 bridgehead atoms. The molecule has 0 aliphatic heterocycles. The fourth-order valence-electron chi connectivity index (χ4n) is 1.08. The van der Waals surface area contributed by atoms with Gasteiger partial charge in [0.1, 0.15) is 0 Å². The van der Waals surface area contributed by atoms with Crippen molar-refractivity contribution in [2.45, 2.75) is 33.2 Å². The van der Waals surface area contributed by atoms with Crippen molar-refractivity contribution in [3.05, 3.63) is 21.9 Å². The van der Waals surface area contributed by atoms with E-state index in [2.05, 4.69) is 23.7 Å². The minimum Gasteiger partial charge on any atom is -0.351 e. The van der Waals surface area contributed by atoms with Crippen molar-refractivity contribution >= 4 is 17.2 Å². The van der Waals surface area contributed by atoms with Crippen molar-refractivity contribution in [1.29, 1.82) is 0 Å². The van der Waals surface area contributed by atoms with Gasteiger partial charge in [0.2, 0.25) is 5.91 Å². The minimum absolute atomic E-state index is 0.148. The smallest absolute Gasteiger partial charge is 0.220 e. The summed E-state index contributed by atoms with van der Waals surface area (Å²) in [6, 6.07) is 2.08. The topological polar surface area (TPSA) is 29.1 Å². The summed E-state index contributed by atoms with van der Waals surface area (Å²) >= 11 is 1.69. The highest BCUT2D eigenvalue weighted by atomic mass is 32.1. The highest BCUT2D eigenvalue weighted by Gasteiger charge is 2.02. The molecule has 0 saturated heterocycles. The first-order valence-corrected chi connectivity index (χ1v) is 5.41. The molecule has 13 heavy (non-hydrogen) atoms. The van der Waals surface area contributed by atoms with E-state index < -0.39 is 0 Å². The van der Waals surface area contributed by atoms with Crippen LogP contribution in [0, 0.1) is 6.92 Å². The lowest BCUT2D eigenvalue weighted by Gasteiger charge is -2.02. The van der Waals surface area contributed by atoms with Gasteiger partial charge in [-0.3, -0.25) is 4.79 Å². The molecule has 0 atom stereocenters. The number of carbonyl (C=O) groups excluding carboxylic acids is 1. The fourth-order valence-corrected chi connectivity index (χ4v) is 1.93. The minimum atomic E-state index is 0.148. The number of aryl methyl sites for hydroxylation is 1. The lowest BCUT2D eigenvalue weighted by molar-refractivity contribution is -0.121. The maximum atomic E-state index is 11.1. The lowest BCUT2D eigenvalue weighted by atomic mass is 10.3. The van der Waals surface area contributed by atoms with Crippen LogP contribution in [-0.2, 0) is 11.3 Å². The van der Waals surface area contributed by atoms with Crippen LogP contribution in [0.3, 0.4) is 0 Å². The van der Waals surface area contributed by atoms with Crippen molar-refractivity contribution in [3.63, 3.8) is 0 Å². The summed E-state index contributed by atoms with van der Waals surface area (Å²) in [5.41, 5.74) is 1.27. The van der Waals surface area contributed by atoms with Crippen LogP contribution in [-0.4, -0.2) is 5.91 Å². The third kappa shape index (κ3) is 3.19. The summed E-state index contributed by atoms with van der Waals surface area (Å²) < 4.78 is 0. The lowest BCUT2D eigenvalue weighted by Crippen LogP contribution is -2.21. The van der Waals surface area contributed by atoms with Crippen LogP contribution in [0.15, 0.2) is 11.4 Å². The Labute approximate surface area is 83.0 Å². The third-order valence-electron chi connectivity index (χ3n) is 1.89. The van der Waals surface area contributed by atoms with Gasteiger partial charge >= 0.3 is 0 Å². The van der Waals surface area contributed by atoms with E-state index in [9.17, 15) is 4.79 Å². The molecule has 1 aromatic rings. The van der Waals surface area contributed by atoms with E-state index in [1.54, 1.807) is 11.3 Å². The molecule has 0 aliphatic rings. The largest absolute Gasteiger partial charge is 0.351 e. The van der Waals surface area contributed by atoms with Crippen LogP contribution in [0.25, 0.3) is 0 Å². The molecule has 3 heteroatoms. The maximum absolute atomic E-state index is 11.1. The second kappa shape index (κ2) is 5.02. The zero-order valence-electron chi connectivity index (χ0n) is 8.09. The molecule has 1 N–H and O–H groups in total. The predicted octanol–water partition coefficient (Wildman–Crippen LogP) is 2.47. The van der Waals surface area contributed by atoms with Crippen LogP contribution in [0.1, 0.15) is 30.2 Å². The Morgan fingerprint density at radius 2 is 2.38 bits per heavy atom. The normalized spacial score (nSPS) is 10.0. The molecule has 1 heterocycles. The molecule has 2 nitrogen and oxygen atoms in total. The molecule has 0 aliphatic carbocycles. The number of rotatable bonds is 4. The van der Waals surface area contributed by atoms with Crippen molar-refractivity contribution in [2.24, 2.45) is 0 Å². The van der Waals surface area contributed by atoms with Gasteiger partial charge in [0.15, 0.2) is 0 Å². The summed E-state index contributed by atoms with van der Waals surface area (Å²) in [5, 5.41) is 4.95. The Hall–Kier alpha value is -0.830. The molecule has 0 spiro atoms. The van der Waals surface area contributed by atoms with Crippen LogP contribution in [0.2, 0.25) is 0 Å². The zero-order chi connectivity index (χ0) is 9.68. The van der Waals surface area contributed by atoms with E-state index in [-0.39, 0.29) is 5.91 Å². The molecule has 0 aromatic carbocycles. The highest BCUT2D eigenvalue weighted by molar-refractivity contribution is 7.10. The molecule has 0 radical (unpaired) electrons. The molecule has 1 amide bonds. The van der Waals surface area contributed by atoms with Crippen LogP contribution >= 0.6 is 11.3 Å². The number of carbonyl (C=O) groups is 1. The number of hydrogen-bond donors (Lipinski definition) is 1. The Morgan fingerprint density at radius 1 is 1.62 bits per heavy atom. The van der Waals surface area contributed by atoms with E-state index in [0.717, 1.165) is 6.42 Å². The molecule has 0 fully saturated rings. The van der Waals surface area contributed by atoms with Crippen LogP contribution < -0.4 is 5.32 Å². The second-order valence-corrected chi connectivity index (χ2v) is 4.05. The van der Waals surface area contributed by atoms with Gasteiger partial charge in [0.25, 0.3) is 0 Å². The van der Waals surface area contributed by atoms with Crippen molar-refractivity contribution in [1.82, 2.24) is 5.32 Å². The van der Waals surface area contributed by atoms with E-state index in [4.69, 9.17) is 0 Å². The van der Waals surface area contributed by atoms with Crippen LogP contribution in [0.5, 0.6) is 0 Å². The number of thiophene rings is 1. The molecular formula is C10H15NOS. The maximum Gasteiger partial charge on any atom is 0.220 e. The van der Waals surface area contributed by atoms with E-state index >= 15 is 0 Å². The van der Waals surface area contributed by atoms with Crippen LogP contribution in [0.4, 0.5) is 0 Å². The van der Waals surface area contributed by atoms with E-state index in [0.29, 0.717) is 13.0 Å². The van der Waals surface area contributed by atoms with Gasteiger partial charge in [-0.05, 0) is 30.4 Å². The Kier molecular flexibility index (Phi) is 3.96. The van der Waals surface area contributed by atoms with Gasteiger partial charge in [-0.2, -0.15) is 0 Å².